The van der Waals surface area contributed by atoms with E-state index in [2.05, 4.69) is 10.3 Å². The summed E-state index contributed by atoms with van der Waals surface area (Å²) in [6, 6.07) is 13.6. The fraction of sp³-hybridized carbons (Fsp3) is 0.200. The van der Waals surface area contributed by atoms with Crippen LogP contribution >= 0.6 is 11.3 Å². The third-order valence-electron chi connectivity index (χ3n) is 5.82. The van der Waals surface area contributed by atoms with Crippen LogP contribution in [0.15, 0.2) is 69.6 Å². The Morgan fingerprint density at radius 2 is 1.88 bits per heavy atom. The molecule has 0 spiro atoms. The third-order valence-corrected chi connectivity index (χ3v) is 6.88. The monoisotopic (exact) mass is 475 g/mol. The first-order chi connectivity index (χ1) is 16.5. The number of para-hydroxylation sites is 2. The summed E-state index contributed by atoms with van der Waals surface area (Å²) in [6.45, 7) is 3.62. The second-order valence-electron chi connectivity index (χ2n) is 7.74. The third kappa shape index (κ3) is 3.28. The van der Waals surface area contributed by atoms with E-state index in [4.69, 9.17) is 9.47 Å². The molecule has 0 radical (unpaired) electrons. The SMILES string of the molecule is CCOC(=O)C1=C(C)N=c2s/c(=C3/C(=O)Nc4ccccc43)c(=O)n2[C@H]1c1ccccc1OC. The Morgan fingerprint density at radius 1 is 1.15 bits per heavy atom. The number of fused-ring (bicyclic) bond motifs is 2. The van der Waals surface area contributed by atoms with Gasteiger partial charge in [-0.25, -0.2) is 9.79 Å². The lowest BCUT2D eigenvalue weighted by Crippen LogP contribution is -2.40. The van der Waals surface area contributed by atoms with Crippen LogP contribution in [-0.4, -0.2) is 30.2 Å². The molecule has 0 bridgehead atoms. The number of methoxy groups -OCH3 is 1. The molecule has 1 N–H and O–H groups in total. The molecule has 172 valence electrons. The summed E-state index contributed by atoms with van der Waals surface area (Å²) < 4.78 is 12.6. The first kappa shape index (κ1) is 21.8. The molecule has 0 saturated carbocycles. The molecule has 2 aliphatic rings. The van der Waals surface area contributed by atoms with Crippen LogP contribution in [0.4, 0.5) is 5.69 Å². The van der Waals surface area contributed by atoms with Gasteiger partial charge < -0.3 is 14.8 Å². The van der Waals surface area contributed by atoms with Gasteiger partial charge in [0.15, 0.2) is 4.80 Å². The Morgan fingerprint density at radius 3 is 2.65 bits per heavy atom. The van der Waals surface area contributed by atoms with E-state index in [1.54, 1.807) is 38.1 Å². The molecule has 9 heteroatoms. The largest absolute Gasteiger partial charge is 0.496 e. The van der Waals surface area contributed by atoms with Gasteiger partial charge in [0.2, 0.25) is 0 Å². The number of nitrogens with zero attached hydrogens (tertiary/aromatic N) is 2. The van der Waals surface area contributed by atoms with Gasteiger partial charge in [0.25, 0.3) is 11.5 Å². The number of anilines is 1. The molecular formula is C25H21N3O5S. The minimum Gasteiger partial charge on any atom is -0.496 e. The first-order valence-corrected chi connectivity index (χ1v) is 11.5. The number of hydrogen-bond donors (Lipinski definition) is 1. The lowest BCUT2D eigenvalue weighted by Gasteiger charge is -2.25. The maximum atomic E-state index is 13.9. The number of ether oxygens (including phenoxy) is 2. The van der Waals surface area contributed by atoms with Gasteiger partial charge >= 0.3 is 5.97 Å². The molecule has 0 aliphatic carbocycles. The van der Waals surface area contributed by atoms with E-state index in [1.807, 2.05) is 24.3 Å². The summed E-state index contributed by atoms with van der Waals surface area (Å²) in [4.78, 5) is 44.7. The van der Waals surface area contributed by atoms with Crippen molar-refractivity contribution in [2.45, 2.75) is 19.9 Å². The molecule has 2 aliphatic heterocycles. The van der Waals surface area contributed by atoms with Crippen molar-refractivity contribution >= 4 is 34.5 Å². The van der Waals surface area contributed by atoms with Crippen molar-refractivity contribution in [1.82, 2.24) is 4.57 Å². The molecule has 0 fully saturated rings. The highest BCUT2D eigenvalue weighted by atomic mass is 32.1. The highest BCUT2D eigenvalue weighted by Gasteiger charge is 2.36. The summed E-state index contributed by atoms with van der Waals surface area (Å²) >= 11 is 1.13. The molecular weight excluding hydrogens is 454 g/mol. The van der Waals surface area contributed by atoms with Gasteiger partial charge in [-0.05, 0) is 26.0 Å². The van der Waals surface area contributed by atoms with Gasteiger partial charge in [-0.1, -0.05) is 47.7 Å². The van der Waals surface area contributed by atoms with Crippen LogP contribution < -0.4 is 24.9 Å². The van der Waals surface area contributed by atoms with Crippen molar-refractivity contribution < 1.29 is 19.1 Å². The van der Waals surface area contributed by atoms with Crippen molar-refractivity contribution in [3.05, 3.63) is 90.6 Å². The molecule has 0 saturated heterocycles. The molecule has 1 atom stereocenters. The van der Waals surface area contributed by atoms with Crippen LogP contribution in [-0.2, 0) is 14.3 Å². The van der Waals surface area contributed by atoms with Crippen LogP contribution in [0.2, 0.25) is 0 Å². The number of esters is 1. The molecule has 2 aromatic carbocycles. The number of thiazole rings is 1. The van der Waals surface area contributed by atoms with Crippen LogP contribution in [0.5, 0.6) is 5.75 Å². The summed E-state index contributed by atoms with van der Waals surface area (Å²) in [7, 11) is 1.53. The number of hydrogen-bond acceptors (Lipinski definition) is 7. The summed E-state index contributed by atoms with van der Waals surface area (Å²) in [5.74, 6) is -0.380. The van der Waals surface area contributed by atoms with Crippen LogP contribution in [0.25, 0.3) is 5.57 Å². The van der Waals surface area contributed by atoms with Gasteiger partial charge in [0.1, 0.15) is 16.3 Å². The smallest absolute Gasteiger partial charge is 0.338 e. The standard InChI is InChI=1S/C25H21N3O5S/c1-4-33-24(31)18-13(2)26-25-28(20(18)15-10-6-8-12-17(15)32-3)23(30)21(34-25)19-14-9-5-7-11-16(14)27-22(19)29/h5-12,20H,4H2,1-3H3,(H,27,29)/b21-19+/t20-/m0/s1. The van der Waals surface area contributed by atoms with Gasteiger partial charge in [-0.15, -0.1) is 0 Å². The minimum absolute atomic E-state index is 0.180. The molecule has 5 rings (SSSR count). The van der Waals surface area contributed by atoms with Crippen molar-refractivity contribution in [2.75, 3.05) is 19.0 Å². The van der Waals surface area contributed by atoms with E-state index >= 15 is 0 Å². The fourth-order valence-corrected chi connectivity index (χ4v) is 5.51. The number of carbonyl (C=O) groups excluding carboxylic acids is 2. The number of benzene rings is 2. The number of amides is 1. The van der Waals surface area contributed by atoms with E-state index in [9.17, 15) is 14.4 Å². The molecule has 1 aromatic heterocycles. The molecule has 1 amide bonds. The summed E-state index contributed by atoms with van der Waals surface area (Å²) in [5.41, 5.74) is 2.53. The average Bonchev–Trinajstić information content (AvgIpc) is 3.33. The van der Waals surface area contributed by atoms with E-state index in [-0.39, 0.29) is 22.6 Å². The quantitative estimate of drug-likeness (QED) is 0.583. The summed E-state index contributed by atoms with van der Waals surface area (Å²) in [5, 5.41) is 2.81. The lowest BCUT2D eigenvalue weighted by atomic mass is 9.95. The zero-order valence-corrected chi connectivity index (χ0v) is 19.6. The number of carbonyl (C=O) groups is 2. The topological polar surface area (TPSA) is 99.0 Å². The normalized spacial score (nSPS) is 18.1. The Labute approximate surface area is 198 Å². The Bertz CT molecular complexity index is 1560. The van der Waals surface area contributed by atoms with Crippen LogP contribution in [0.1, 0.15) is 31.0 Å². The predicted octanol–water partition coefficient (Wildman–Crippen LogP) is 2.13. The molecule has 34 heavy (non-hydrogen) atoms. The molecule has 3 heterocycles. The number of allylic oxidation sites excluding steroid dienone is 1. The lowest BCUT2D eigenvalue weighted by molar-refractivity contribution is -0.139. The van der Waals surface area contributed by atoms with Crippen molar-refractivity contribution in [3.63, 3.8) is 0 Å². The second kappa shape index (κ2) is 8.42. The fourth-order valence-electron chi connectivity index (χ4n) is 4.37. The Kier molecular flexibility index (Phi) is 5.41. The highest BCUT2D eigenvalue weighted by molar-refractivity contribution is 7.07. The van der Waals surface area contributed by atoms with Gasteiger partial charge in [-0.2, -0.15) is 0 Å². The van der Waals surface area contributed by atoms with Gasteiger partial charge in [0, 0.05) is 16.8 Å². The van der Waals surface area contributed by atoms with Gasteiger partial charge in [-0.3, -0.25) is 14.2 Å². The first-order valence-electron chi connectivity index (χ1n) is 10.7. The molecule has 0 unspecified atom stereocenters. The number of nitrogens with one attached hydrogen (secondary N) is 1. The van der Waals surface area contributed by atoms with Crippen LogP contribution in [0.3, 0.4) is 0 Å². The average molecular weight is 476 g/mol. The van der Waals surface area contributed by atoms with Crippen LogP contribution in [0, 0.1) is 0 Å². The zero-order chi connectivity index (χ0) is 24.0. The van der Waals surface area contributed by atoms with E-state index in [1.165, 1.54) is 11.7 Å². The molecule has 3 aromatic rings. The number of rotatable bonds is 4. The van der Waals surface area contributed by atoms with Crippen molar-refractivity contribution in [1.29, 1.82) is 0 Å². The van der Waals surface area contributed by atoms with Crippen molar-refractivity contribution in [3.8, 4) is 5.75 Å². The highest BCUT2D eigenvalue weighted by Crippen LogP contribution is 2.36. The van der Waals surface area contributed by atoms with Crippen molar-refractivity contribution in [2.24, 2.45) is 4.99 Å². The molecule has 8 nitrogen and oxygen atoms in total. The van der Waals surface area contributed by atoms with E-state index in [0.29, 0.717) is 38.6 Å². The van der Waals surface area contributed by atoms with Gasteiger partial charge in [0.05, 0.1) is 30.6 Å². The van der Waals surface area contributed by atoms with E-state index in [0.717, 1.165) is 11.3 Å². The number of aromatic nitrogens is 1. The Hall–Kier alpha value is -3.98. The summed E-state index contributed by atoms with van der Waals surface area (Å²) in [6.07, 6.45) is 0. The minimum atomic E-state index is -0.819. The second-order valence-corrected chi connectivity index (χ2v) is 8.72. The Balaban J connectivity index is 1.85. The zero-order valence-electron chi connectivity index (χ0n) is 18.7. The maximum absolute atomic E-state index is 13.9. The maximum Gasteiger partial charge on any atom is 0.338 e. The van der Waals surface area contributed by atoms with E-state index < -0.39 is 17.6 Å². The predicted molar refractivity (Wildman–Crippen MR) is 127 cm³/mol.